The van der Waals surface area contributed by atoms with Crippen molar-refractivity contribution in [3.05, 3.63) is 62.1 Å². The smallest absolute Gasteiger partial charge is 0.349 e. The normalized spacial score (nSPS) is 11.7. The number of aromatic nitrogens is 2. The first-order valence-electron chi connectivity index (χ1n) is 7.77. The minimum absolute atomic E-state index is 0.160. The molecule has 3 aromatic rings. The van der Waals surface area contributed by atoms with Gasteiger partial charge in [0.05, 0.1) is 16.7 Å². The van der Waals surface area contributed by atoms with E-state index in [1.807, 2.05) is 0 Å². The number of para-hydroxylation sites is 1. The van der Waals surface area contributed by atoms with Crippen LogP contribution in [0.5, 0.6) is 0 Å². The average molecular weight is 399 g/mol. The maximum atomic E-state index is 14.2. The summed E-state index contributed by atoms with van der Waals surface area (Å²) in [5.74, 6) is -1.42. The van der Waals surface area contributed by atoms with Crippen LogP contribution in [0, 0.1) is 12.7 Å². The molecule has 1 aromatic carbocycles. The molecule has 0 spiro atoms. The van der Waals surface area contributed by atoms with E-state index in [1.165, 1.54) is 17.6 Å². The third-order valence-electron chi connectivity index (χ3n) is 3.94. The molecule has 10 heteroatoms. The van der Waals surface area contributed by atoms with E-state index in [0.717, 1.165) is 17.4 Å². The SMILES string of the molecule is Cc1ncsc1C(=O)NCCn1c(C(F)(F)F)cc(=O)c2cccc(F)c21. The van der Waals surface area contributed by atoms with Gasteiger partial charge in [-0.3, -0.25) is 9.59 Å². The van der Waals surface area contributed by atoms with Crippen LogP contribution in [0.3, 0.4) is 0 Å². The lowest BCUT2D eigenvalue weighted by molar-refractivity contribution is -0.143. The van der Waals surface area contributed by atoms with Crippen molar-refractivity contribution in [3.63, 3.8) is 0 Å². The Morgan fingerprint density at radius 2 is 2.07 bits per heavy atom. The quantitative estimate of drug-likeness (QED) is 0.685. The van der Waals surface area contributed by atoms with Crippen LogP contribution in [0.4, 0.5) is 17.6 Å². The van der Waals surface area contributed by atoms with E-state index < -0.39 is 34.5 Å². The summed E-state index contributed by atoms with van der Waals surface area (Å²) < 4.78 is 55.0. The molecule has 2 aromatic heterocycles. The summed E-state index contributed by atoms with van der Waals surface area (Å²) >= 11 is 1.11. The van der Waals surface area contributed by atoms with Crippen LogP contribution in [0.25, 0.3) is 10.9 Å². The number of rotatable bonds is 4. The number of amides is 1. The highest BCUT2D eigenvalue weighted by molar-refractivity contribution is 7.11. The number of alkyl halides is 3. The lowest BCUT2D eigenvalue weighted by atomic mass is 10.1. The number of thiazole rings is 1. The zero-order chi connectivity index (χ0) is 19.8. The molecule has 27 heavy (non-hydrogen) atoms. The van der Waals surface area contributed by atoms with Crippen molar-refractivity contribution >= 4 is 28.1 Å². The zero-order valence-corrected chi connectivity index (χ0v) is 14.7. The molecule has 0 bridgehead atoms. The van der Waals surface area contributed by atoms with Gasteiger partial charge in [-0.2, -0.15) is 13.2 Å². The van der Waals surface area contributed by atoms with E-state index in [1.54, 1.807) is 6.92 Å². The molecule has 0 unspecified atom stereocenters. The number of halogens is 4. The number of benzene rings is 1. The molecule has 0 atom stereocenters. The van der Waals surface area contributed by atoms with Crippen LogP contribution in [0.15, 0.2) is 34.6 Å². The second kappa shape index (κ2) is 7.10. The minimum Gasteiger partial charge on any atom is -0.349 e. The monoisotopic (exact) mass is 399 g/mol. The summed E-state index contributed by atoms with van der Waals surface area (Å²) in [5.41, 5.74) is -0.643. The van der Waals surface area contributed by atoms with Gasteiger partial charge in [0.1, 0.15) is 16.4 Å². The van der Waals surface area contributed by atoms with Gasteiger partial charge in [0.25, 0.3) is 5.91 Å². The summed E-state index contributed by atoms with van der Waals surface area (Å²) in [7, 11) is 0. The number of pyridine rings is 1. The largest absolute Gasteiger partial charge is 0.431 e. The first-order valence-corrected chi connectivity index (χ1v) is 8.65. The first kappa shape index (κ1) is 19.0. The number of carbonyl (C=O) groups excluding carboxylic acids is 1. The molecular formula is C17H13F4N3O2S. The summed E-state index contributed by atoms with van der Waals surface area (Å²) in [6.07, 6.45) is -4.85. The second-order valence-electron chi connectivity index (χ2n) is 5.70. The molecule has 1 amide bonds. The van der Waals surface area contributed by atoms with Crippen molar-refractivity contribution in [1.29, 1.82) is 0 Å². The fourth-order valence-corrected chi connectivity index (χ4v) is 3.46. The third kappa shape index (κ3) is 3.70. The average Bonchev–Trinajstić information content (AvgIpc) is 3.02. The topological polar surface area (TPSA) is 64.0 Å². The standard InChI is InChI=1S/C17H13F4N3O2S/c1-9-15(27-8-23-9)16(26)22-5-6-24-13(17(19,20)21)7-12(25)10-3-2-4-11(18)14(10)24/h2-4,7-8H,5-6H2,1H3,(H,22,26). The number of hydrogen-bond donors (Lipinski definition) is 1. The molecule has 0 aliphatic heterocycles. The summed E-state index contributed by atoms with van der Waals surface area (Å²) in [4.78, 5) is 28.3. The van der Waals surface area contributed by atoms with Crippen molar-refractivity contribution in [2.24, 2.45) is 0 Å². The van der Waals surface area contributed by atoms with E-state index in [-0.39, 0.29) is 18.5 Å². The van der Waals surface area contributed by atoms with E-state index in [4.69, 9.17) is 0 Å². The highest BCUT2D eigenvalue weighted by Crippen LogP contribution is 2.31. The molecular weight excluding hydrogens is 386 g/mol. The molecule has 2 heterocycles. The number of aryl methyl sites for hydroxylation is 1. The highest BCUT2D eigenvalue weighted by Gasteiger charge is 2.35. The maximum Gasteiger partial charge on any atom is 0.431 e. The fourth-order valence-electron chi connectivity index (χ4n) is 2.74. The maximum absolute atomic E-state index is 14.2. The Morgan fingerprint density at radius 3 is 2.70 bits per heavy atom. The van der Waals surface area contributed by atoms with Gasteiger partial charge in [-0.1, -0.05) is 6.07 Å². The zero-order valence-electron chi connectivity index (χ0n) is 13.9. The predicted molar refractivity (Wildman–Crippen MR) is 92.4 cm³/mol. The van der Waals surface area contributed by atoms with Gasteiger partial charge in [-0.15, -0.1) is 11.3 Å². The van der Waals surface area contributed by atoms with Crippen molar-refractivity contribution in [2.75, 3.05) is 6.54 Å². The first-order chi connectivity index (χ1) is 12.7. The second-order valence-corrected chi connectivity index (χ2v) is 6.56. The molecule has 0 saturated carbocycles. The lowest BCUT2D eigenvalue weighted by Gasteiger charge is -2.19. The fraction of sp³-hybridized carbons (Fsp3) is 0.235. The van der Waals surface area contributed by atoms with Crippen molar-refractivity contribution < 1.29 is 22.4 Å². The van der Waals surface area contributed by atoms with Crippen molar-refractivity contribution in [1.82, 2.24) is 14.9 Å². The van der Waals surface area contributed by atoms with E-state index >= 15 is 0 Å². The van der Waals surface area contributed by atoms with Crippen LogP contribution in [-0.4, -0.2) is 22.0 Å². The van der Waals surface area contributed by atoms with E-state index in [2.05, 4.69) is 10.3 Å². The number of hydrogen-bond acceptors (Lipinski definition) is 4. The van der Waals surface area contributed by atoms with Crippen molar-refractivity contribution in [3.8, 4) is 0 Å². The molecule has 142 valence electrons. The van der Waals surface area contributed by atoms with Crippen LogP contribution >= 0.6 is 11.3 Å². The molecule has 5 nitrogen and oxygen atoms in total. The van der Waals surface area contributed by atoms with Gasteiger partial charge in [0.2, 0.25) is 0 Å². The predicted octanol–water partition coefficient (Wildman–Crippen LogP) is 3.35. The third-order valence-corrected chi connectivity index (χ3v) is 4.87. The summed E-state index contributed by atoms with van der Waals surface area (Å²) in [6, 6.07) is 3.94. The van der Waals surface area contributed by atoms with Crippen LogP contribution < -0.4 is 10.7 Å². The summed E-state index contributed by atoms with van der Waals surface area (Å²) in [5, 5.41) is 2.33. The molecule has 0 saturated heterocycles. The van der Waals surface area contributed by atoms with E-state index in [9.17, 15) is 27.2 Å². The molecule has 0 aliphatic carbocycles. The van der Waals surface area contributed by atoms with E-state index in [0.29, 0.717) is 21.2 Å². The van der Waals surface area contributed by atoms with Crippen LogP contribution in [0.1, 0.15) is 21.1 Å². The van der Waals surface area contributed by atoms with Gasteiger partial charge in [0.15, 0.2) is 5.43 Å². The molecule has 0 radical (unpaired) electrons. The molecule has 0 fully saturated rings. The van der Waals surface area contributed by atoms with Crippen LogP contribution in [0.2, 0.25) is 0 Å². The lowest BCUT2D eigenvalue weighted by Crippen LogP contribution is -2.30. The van der Waals surface area contributed by atoms with Gasteiger partial charge >= 0.3 is 6.18 Å². The Hall–Kier alpha value is -2.75. The highest BCUT2D eigenvalue weighted by atomic mass is 32.1. The van der Waals surface area contributed by atoms with Gasteiger partial charge in [-0.05, 0) is 19.1 Å². The molecule has 0 aliphatic rings. The number of fused-ring (bicyclic) bond motifs is 1. The Labute approximate surface area is 154 Å². The van der Waals surface area contributed by atoms with Gasteiger partial charge < -0.3 is 9.88 Å². The number of carbonyl (C=O) groups is 1. The Morgan fingerprint density at radius 1 is 1.33 bits per heavy atom. The Balaban J connectivity index is 1.97. The van der Waals surface area contributed by atoms with Crippen LogP contribution in [-0.2, 0) is 12.7 Å². The molecule has 1 N–H and O–H groups in total. The van der Waals surface area contributed by atoms with Gasteiger partial charge in [0, 0.05) is 24.5 Å². The molecule has 3 rings (SSSR count). The number of nitrogens with zero attached hydrogens (tertiary/aromatic N) is 2. The number of nitrogens with one attached hydrogen (secondary N) is 1. The Bertz CT molecular complexity index is 1070. The van der Waals surface area contributed by atoms with Crippen molar-refractivity contribution in [2.45, 2.75) is 19.6 Å². The van der Waals surface area contributed by atoms with Gasteiger partial charge in [-0.25, -0.2) is 9.37 Å². The minimum atomic E-state index is -4.85. The Kier molecular flexibility index (Phi) is 5.01. The summed E-state index contributed by atoms with van der Waals surface area (Å²) in [6.45, 7) is 1.08.